The fourth-order valence-electron chi connectivity index (χ4n) is 6.57. The van der Waals surface area contributed by atoms with Crippen molar-refractivity contribution in [2.45, 2.75) is 31.6 Å². The summed E-state index contributed by atoms with van der Waals surface area (Å²) < 4.78 is 16.5. The number of rotatable bonds is 8. The molecule has 0 fully saturated rings. The molecule has 5 aromatic rings. The molecule has 2 aromatic heterocycles. The monoisotopic (exact) mass is 562 g/mol. The molecule has 8 heteroatoms. The van der Waals surface area contributed by atoms with Gasteiger partial charge in [0.05, 0.1) is 44.1 Å². The summed E-state index contributed by atoms with van der Waals surface area (Å²) in [5.41, 5.74) is 9.95. The van der Waals surface area contributed by atoms with Crippen LogP contribution in [0.2, 0.25) is 0 Å². The van der Waals surface area contributed by atoms with Crippen LogP contribution >= 0.6 is 0 Å². The van der Waals surface area contributed by atoms with E-state index in [0.29, 0.717) is 18.6 Å². The van der Waals surface area contributed by atoms with Gasteiger partial charge in [0.25, 0.3) is 0 Å². The summed E-state index contributed by atoms with van der Waals surface area (Å²) in [6, 6.07) is 17.9. The number of hydrogen-bond donors (Lipinski definition) is 3. The van der Waals surface area contributed by atoms with Crippen molar-refractivity contribution in [2.24, 2.45) is 9.98 Å². The highest BCUT2D eigenvalue weighted by atomic mass is 16.5. The maximum Gasteiger partial charge on any atom is 0.122 e. The molecule has 0 saturated heterocycles. The summed E-state index contributed by atoms with van der Waals surface area (Å²) in [5.74, 6) is 2.46. The van der Waals surface area contributed by atoms with Crippen LogP contribution in [0.5, 0.6) is 23.0 Å². The number of hydrogen-bond acceptors (Lipinski definition) is 6. The Balaban J connectivity index is 1.28. The third kappa shape index (κ3) is 4.57. The molecule has 7 rings (SSSR count). The van der Waals surface area contributed by atoms with Gasteiger partial charge in [0.15, 0.2) is 0 Å². The first-order valence-electron chi connectivity index (χ1n) is 14.4. The Morgan fingerprint density at radius 2 is 1.21 bits per heavy atom. The zero-order valence-corrected chi connectivity index (χ0v) is 24.1. The summed E-state index contributed by atoms with van der Waals surface area (Å²) in [6.07, 6.45) is 3.16. The van der Waals surface area contributed by atoms with Gasteiger partial charge in [-0.05, 0) is 84.7 Å². The summed E-state index contributed by atoms with van der Waals surface area (Å²) >= 11 is 0. The van der Waals surface area contributed by atoms with Crippen molar-refractivity contribution in [3.63, 3.8) is 0 Å². The maximum absolute atomic E-state index is 10.6. The van der Waals surface area contributed by atoms with Crippen molar-refractivity contribution in [2.75, 3.05) is 34.4 Å². The van der Waals surface area contributed by atoms with E-state index >= 15 is 0 Å². The fraction of sp³-hybridized carbons (Fsp3) is 0.294. The number of H-pyrrole nitrogens is 2. The number of aromatic hydroxyl groups is 1. The van der Waals surface area contributed by atoms with Crippen molar-refractivity contribution >= 4 is 33.2 Å². The zero-order chi connectivity index (χ0) is 28.8. The van der Waals surface area contributed by atoms with Gasteiger partial charge in [-0.25, -0.2) is 0 Å². The van der Waals surface area contributed by atoms with Crippen LogP contribution < -0.4 is 14.2 Å². The minimum Gasteiger partial charge on any atom is -0.508 e. The minimum absolute atomic E-state index is 0.00213. The van der Waals surface area contributed by atoms with Gasteiger partial charge < -0.3 is 29.3 Å². The van der Waals surface area contributed by atoms with E-state index in [1.54, 1.807) is 27.4 Å². The lowest BCUT2D eigenvalue weighted by Gasteiger charge is -2.24. The topological polar surface area (TPSA) is 104 Å². The average molecular weight is 563 g/mol. The van der Waals surface area contributed by atoms with Gasteiger partial charge in [-0.1, -0.05) is 0 Å². The quantitative estimate of drug-likeness (QED) is 0.205. The Bertz CT molecular complexity index is 1770. The van der Waals surface area contributed by atoms with Gasteiger partial charge in [-0.3, -0.25) is 9.98 Å². The lowest BCUT2D eigenvalue weighted by atomic mass is 9.84. The zero-order valence-electron chi connectivity index (χ0n) is 24.1. The summed E-state index contributed by atoms with van der Waals surface area (Å²) in [5, 5.41) is 13.0. The molecule has 42 heavy (non-hydrogen) atoms. The second-order valence-corrected chi connectivity index (χ2v) is 11.0. The molecule has 0 aliphatic carbocycles. The summed E-state index contributed by atoms with van der Waals surface area (Å²) in [7, 11) is 5.00. The second-order valence-electron chi connectivity index (χ2n) is 11.0. The lowest BCUT2D eigenvalue weighted by molar-refractivity contribution is 0.406. The Morgan fingerprint density at radius 1 is 0.690 bits per heavy atom. The number of benzene rings is 3. The number of nitrogens with one attached hydrogen (secondary N) is 2. The first-order valence-corrected chi connectivity index (χ1v) is 14.4. The highest BCUT2D eigenvalue weighted by Gasteiger charge is 2.28. The minimum atomic E-state index is 0.00213. The summed E-state index contributed by atoms with van der Waals surface area (Å²) in [6.45, 7) is 1.48. The van der Waals surface area contributed by atoms with Crippen molar-refractivity contribution in [1.82, 2.24) is 9.97 Å². The number of phenolic OH excluding ortho intramolecular Hbond substituents is 1. The molecule has 2 aliphatic rings. The fourth-order valence-corrected chi connectivity index (χ4v) is 6.57. The molecular weight excluding hydrogens is 528 g/mol. The molecule has 8 nitrogen and oxygen atoms in total. The van der Waals surface area contributed by atoms with Crippen molar-refractivity contribution in [3.8, 4) is 23.0 Å². The molecule has 214 valence electrons. The largest absolute Gasteiger partial charge is 0.508 e. The molecule has 0 spiro atoms. The van der Waals surface area contributed by atoms with E-state index < -0.39 is 0 Å². The van der Waals surface area contributed by atoms with Crippen LogP contribution in [0, 0.1) is 0 Å². The van der Waals surface area contributed by atoms with E-state index in [0.717, 1.165) is 76.8 Å². The number of aliphatic imine (C=N–C) groups is 2. The maximum atomic E-state index is 10.6. The number of aromatic nitrogens is 2. The summed E-state index contributed by atoms with van der Waals surface area (Å²) in [4.78, 5) is 17.4. The molecular formula is C34H34N4O4. The first-order chi connectivity index (χ1) is 20.5. The molecule has 0 atom stereocenters. The predicted molar refractivity (Wildman–Crippen MR) is 167 cm³/mol. The van der Waals surface area contributed by atoms with Gasteiger partial charge in [0, 0.05) is 53.1 Å². The first kappa shape index (κ1) is 26.2. The highest BCUT2D eigenvalue weighted by Crippen LogP contribution is 2.38. The smallest absolute Gasteiger partial charge is 0.122 e. The number of ether oxygens (including phenoxy) is 3. The molecule has 3 N–H and O–H groups in total. The van der Waals surface area contributed by atoms with Crippen LogP contribution in [-0.4, -0.2) is 60.9 Å². The standard InChI is InChI=1S/C34H34N4O4/c1-40-22-4-6-25-27-8-10-35-31(33(27)37-29(25)17-22)14-20(19-12-21(39)16-24(13-19)42-3)15-32-34-28(9-11-36-32)26-7-5-23(41-2)18-30(26)38-34/h4-7,12-13,16-18,20,37-39H,8-11,14-15H2,1-3H3. The molecule has 0 bridgehead atoms. The van der Waals surface area contributed by atoms with Crippen LogP contribution in [0.1, 0.15) is 46.8 Å². The number of aromatic amines is 2. The molecule has 0 unspecified atom stereocenters. The van der Waals surface area contributed by atoms with Crippen LogP contribution in [0.25, 0.3) is 21.8 Å². The predicted octanol–water partition coefficient (Wildman–Crippen LogP) is 6.34. The Hall–Kier alpha value is -4.72. The van der Waals surface area contributed by atoms with Gasteiger partial charge in [0.1, 0.15) is 23.0 Å². The average Bonchev–Trinajstić information content (AvgIpc) is 3.58. The molecule has 0 saturated carbocycles. The van der Waals surface area contributed by atoms with Gasteiger partial charge in [0.2, 0.25) is 0 Å². The molecule has 2 aliphatic heterocycles. The normalized spacial score (nSPS) is 14.5. The van der Waals surface area contributed by atoms with E-state index in [1.807, 2.05) is 36.4 Å². The highest BCUT2D eigenvalue weighted by molar-refractivity contribution is 6.09. The van der Waals surface area contributed by atoms with E-state index in [-0.39, 0.29) is 11.7 Å². The molecule has 0 radical (unpaired) electrons. The molecule has 4 heterocycles. The number of nitrogens with zero attached hydrogens (tertiary/aromatic N) is 2. The second kappa shape index (κ2) is 10.6. The Morgan fingerprint density at radius 3 is 1.71 bits per heavy atom. The van der Waals surface area contributed by atoms with Crippen LogP contribution in [0.15, 0.2) is 64.6 Å². The van der Waals surface area contributed by atoms with E-state index in [1.165, 1.54) is 21.9 Å². The van der Waals surface area contributed by atoms with Gasteiger partial charge in [-0.15, -0.1) is 0 Å². The van der Waals surface area contributed by atoms with E-state index in [9.17, 15) is 5.11 Å². The molecule has 3 aromatic carbocycles. The third-order valence-electron chi connectivity index (χ3n) is 8.63. The van der Waals surface area contributed by atoms with Crippen LogP contribution in [0.3, 0.4) is 0 Å². The van der Waals surface area contributed by atoms with Gasteiger partial charge in [-0.2, -0.15) is 0 Å². The van der Waals surface area contributed by atoms with Crippen LogP contribution in [-0.2, 0) is 12.8 Å². The Kier molecular flexibility index (Phi) is 6.61. The van der Waals surface area contributed by atoms with Crippen LogP contribution in [0.4, 0.5) is 0 Å². The SMILES string of the molecule is COc1cc(O)cc(C(CC2=NCCc3c2[nH]c2cc(OC)ccc32)CC2=NCCc3c2[nH]c2cc(OC)ccc32)c1. The third-order valence-corrected chi connectivity index (χ3v) is 8.63. The van der Waals surface area contributed by atoms with E-state index in [4.69, 9.17) is 24.2 Å². The van der Waals surface area contributed by atoms with Crippen molar-refractivity contribution < 1.29 is 19.3 Å². The lowest BCUT2D eigenvalue weighted by Crippen LogP contribution is -2.20. The Labute approximate surface area is 244 Å². The van der Waals surface area contributed by atoms with Gasteiger partial charge >= 0.3 is 0 Å². The number of phenols is 1. The van der Waals surface area contributed by atoms with Crippen molar-refractivity contribution in [3.05, 3.63) is 82.7 Å². The number of fused-ring (bicyclic) bond motifs is 6. The van der Waals surface area contributed by atoms with E-state index in [2.05, 4.69) is 22.1 Å². The van der Waals surface area contributed by atoms with Crippen molar-refractivity contribution in [1.29, 1.82) is 0 Å². The number of methoxy groups -OCH3 is 3. The molecule has 0 amide bonds.